The van der Waals surface area contributed by atoms with E-state index >= 15 is 0 Å². The van der Waals surface area contributed by atoms with Crippen LogP contribution in [0.15, 0.2) is 35.5 Å². The van der Waals surface area contributed by atoms with Crippen molar-refractivity contribution in [2.75, 3.05) is 11.1 Å². The second-order valence-electron chi connectivity index (χ2n) is 7.95. The molecule has 0 aromatic carbocycles. The summed E-state index contributed by atoms with van der Waals surface area (Å²) in [6.07, 6.45) is -4.10. The number of carbonyl (C=O) groups is 1. The van der Waals surface area contributed by atoms with Gasteiger partial charge >= 0.3 is 6.18 Å². The number of nitrogens with zero attached hydrogens (tertiary/aromatic N) is 3. The second kappa shape index (κ2) is 7.50. The van der Waals surface area contributed by atoms with E-state index in [0.29, 0.717) is 12.3 Å². The van der Waals surface area contributed by atoms with E-state index in [1.165, 1.54) is 20.8 Å². The van der Waals surface area contributed by atoms with Crippen LogP contribution in [0.5, 0.6) is 0 Å². The van der Waals surface area contributed by atoms with E-state index in [2.05, 4.69) is 20.3 Å². The van der Waals surface area contributed by atoms with Gasteiger partial charge in [-0.1, -0.05) is 0 Å². The van der Waals surface area contributed by atoms with Gasteiger partial charge in [0, 0.05) is 6.20 Å². The van der Waals surface area contributed by atoms with Crippen molar-refractivity contribution >= 4 is 27.4 Å². The maximum Gasteiger partial charge on any atom is 0.417 e. The number of amides is 1. The van der Waals surface area contributed by atoms with Crippen LogP contribution in [0.1, 0.15) is 42.5 Å². The highest BCUT2D eigenvalue weighted by Gasteiger charge is 2.50. The Balaban J connectivity index is 1.93. The molecule has 0 saturated heterocycles. The number of hydrogen-bond acceptors (Lipinski definition) is 7. The number of nitrogens with one attached hydrogen (secondary N) is 1. The van der Waals surface area contributed by atoms with Crippen molar-refractivity contribution in [3.63, 3.8) is 0 Å². The molecule has 0 unspecified atom stereocenters. The third-order valence-corrected chi connectivity index (χ3v) is 7.86. The highest BCUT2D eigenvalue weighted by molar-refractivity contribution is 7.93. The first kappa shape index (κ1) is 23.6. The predicted molar refractivity (Wildman–Crippen MR) is 108 cm³/mol. The van der Waals surface area contributed by atoms with Crippen LogP contribution < -0.4 is 11.1 Å². The van der Waals surface area contributed by atoms with E-state index in [-0.39, 0.29) is 23.0 Å². The topological polar surface area (TPSA) is 127 Å². The molecule has 3 rings (SSSR count). The highest BCUT2D eigenvalue weighted by Crippen LogP contribution is 2.37. The molecule has 3 N–H and O–H groups in total. The molecule has 8 nitrogen and oxygen atoms in total. The number of hydrogen-bond donors (Lipinski definition) is 2. The summed E-state index contributed by atoms with van der Waals surface area (Å²) >= 11 is 0. The Kier molecular flexibility index (Phi) is 5.52. The fourth-order valence-corrected chi connectivity index (χ4v) is 4.70. The van der Waals surface area contributed by atoms with Crippen molar-refractivity contribution in [3.8, 4) is 0 Å². The Bertz CT molecular complexity index is 1210. The SMILES string of the molecule is CC1(C)C(N)=N[C@](C)(c2nc(NC(=O)c3ccc(C(F)(F)F)cn3)ccc2F)CS1(=O)=O. The van der Waals surface area contributed by atoms with Gasteiger partial charge in [-0.3, -0.25) is 14.8 Å². The normalized spacial score (nSPS) is 22.2. The zero-order chi connectivity index (χ0) is 24.1. The van der Waals surface area contributed by atoms with Gasteiger partial charge in [-0.05, 0) is 45.0 Å². The number of halogens is 4. The molecule has 0 bridgehead atoms. The molecular weight excluding hydrogens is 454 g/mol. The number of nitrogens with two attached hydrogens (primary N) is 1. The molecule has 172 valence electrons. The number of anilines is 1. The molecule has 0 spiro atoms. The van der Waals surface area contributed by atoms with Crippen LogP contribution in [0.25, 0.3) is 0 Å². The maximum absolute atomic E-state index is 14.6. The minimum absolute atomic E-state index is 0.176. The monoisotopic (exact) mass is 473 g/mol. The molecule has 3 heterocycles. The molecule has 1 amide bonds. The van der Waals surface area contributed by atoms with Gasteiger partial charge in [0.1, 0.15) is 39.1 Å². The van der Waals surface area contributed by atoms with Crippen LogP contribution in [0.2, 0.25) is 0 Å². The van der Waals surface area contributed by atoms with E-state index < -0.39 is 49.3 Å². The van der Waals surface area contributed by atoms with Crippen LogP contribution in [-0.4, -0.2) is 40.6 Å². The van der Waals surface area contributed by atoms with Gasteiger partial charge in [0.05, 0.1) is 11.3 Å². The molecule has 0 fully saturated rings. The highest BCUT2D eigenvalue weighted by atomic mass is 32.2. The quantitative estimate of drug-likeness (QED) is 0.660. The number of amidine groups is 1. The average Bonchev–Trinajstić information content (AvgIpc) is 2.67. The number of aromatic nitrogens is 2. The van der Waals surface area contributed by atoms with Gasteiger partial charge in [-0.15, -0.1) is 0 Å². The van der Waals surface area contributed by atoms with E-state index in [1.807, 2.05) is 0 Å². The predicted octanol–water partition coefficient (Wildman–Crippen LogP) is 2.67. The number of alkyl halides is 3. The van der Waals surface area contributed by atoms with Gasteiger partial charge in [0.25, 0.3) is 5.91 Å². The van der Waals surface area contributed by atoms with Crippen LogP contribution in [0, 0.1) is 5.82 Å². The van der Waals surface area contributed by atoms with E-state index in [0.717, 1.165) is 18.2 Å². The Morgan fingerprint density at radius 1 is 1.16 bits per heavy atom. The number of pyridine rings is 2. The fraction of sp³-hybridized carbons (Fsp3) is 0.368. The minimum atomic E-state index is -4.61. The molecule has 0 radical (unpaired) electrons. The number of rotatable bonds is 3. The molecule has 13 heteroatoms. The van der Waals surface area contributed by atoms with Gasteiger partial charge < -0.3 is 11.1 Å². The number of aliphatic imine (C=N–C) groups is 1. The third-order valence-electron chi connectivity index (χ3n) is 5.15. The summed E-state index contributed by atoms with van der Waals surface area (Å²) in [6, 6.07) is 3.64. The molecule has 1 aliphatic rings. The van der Waals surface area contributed by atoms with Gasteiger partial charge in [-0.25, -0.2) is 17.8 Å². The summed E-state index contributed by atoms with van der Waals surface area (Å²) in [5.74, 6) is -2.73. The minimum Gasteiger partial charge on any atom is -0.386 e. The second-order valence-corrected chi connectivity index (χ2v) is 10.5. The van der Waals surface area contributed by atoms with Crippen molar-refractivity contribution in [2.24, 2.45) is 10.7 Å². The van der Waals surface area contributed by atoms with Gasteiger partial charge in [-0.2, -0.15) is 13.2 Å². The zero-order valence-electron chi connectivity index (χ0n) is 17.2. The molecule has 0 aliphatic carbocycles. The smallest absolute Gasteiger partial charge is 0.386 e. The number of sulfone groups is 1. The summed E-state index contributed by atoms with van der Waals surface area (Å²) in [4.78, 5) is 24.0. The average molecular weight is 473 g/mol. The lowest BCUT2D eigenvalue weighted by atomic mass is 9.98. The first-order valence-electron chi connectivity index (χ1n) is 9.16. The molecular formula is C19H19F4N5O3S. The van der Waals surface area contributed by atoms with Crippen LogP contribution in [0.4, 0.5) is 23.4 Å². The third kappa shape index (κ3) is 4.16. The number of carbonyl (C=O) groups excluding carboxylic acids is 1. The molecule has 1 atom stereocenters. The molecule has 32 heavy (non-hydrogen) atoms. The van der Waals surface area contributed by atoms with E-state index in [1.54, 1.807) is 0 Å². The van der Waals surface area contributed by atoms with E-state index in [9.17, 15) is 30.8 Å². The molecule has 1 aliphatic heterocycles. The van der Waals surface area contributed by atoms with Crippen molar-refractivity contribution in [1.82, 2.24) is 9.97 Å². The molecule has 2 aromatic heterocycles. The lowest BCUT2D eigenvalue weighted by molar-refractivity contribution is -0.137. The summed E-state index contributed by atoms with van der Waals surface area (Å²) in [6.45, 7) is 4.12. The maximum atomic E-state index is 14.6. The first-order chi connectivity index (χ1) is 14.6. The van der Waals surface area contributed by atoms with Crippen LogP contribution in [0.3, 0.4) is 0 Å². The fourth-order valence-electron chi connectivity index (χ4n) is 3.03. The summed E-state index contributed by atoms with van der Waals surface area (Å²) in [7, 11) is -3.83. The Hall–Kier alpha value is -3.09. The van der Waals surface area contributed by atoms with Crippen LogP contribution >= 0.6 is 0 Å². The summed E-state index contributed by atoms with van der Waals surface area (Å²) in [5.41, 5.74) is 2.47. The molecule has 2 aromatic rings. The Morgan fingerprint density at radius 2 is 1.81 bits per heavy atom. The largest absolute Gasteiger partial charge is 0.417 e. The van der Waals surface area contributed by atoms with E-state index in [4.69, 9.17) is 5.73 Å². The van der Waals surface area contributed by atoms with Crippen molar-refractivity contribution in [1.29, 1.82) is 0 Å². The van der Waals surface area contributed by atoms with Crippen LogP contribution in [-0.2, 0) is 21.6 Å². The Labute approximate surface area is 180 Å². The lowest BCUT2D eigenvalue weighted by Gasteiger charge is -2.37. The zero-order valence-corrected chi connectivity index (χ0v) is 18.0. The standard InChI is InChI=1S/C19H19F4N5O3S/c1-17(2)16(24)28-18(3,9-32(17,30)31)14-11(20)5-7-13(26-14)27-15(29)12-6-4-10(8-25-12)19(21,22)23/h4-8H,9H2,1-3H3,(H2,24,28)(H,26,27,29)/t18-/m0/s1. The summed E-state index contributed by atoms with van der Waals surface area (Å²) < 4.78 is 76.5. The van der Waals surface area contributed by atoms with Gasteiger partial charge in [0.2, 0.25) is 0 Å². The lowest BCUT2D eigenvalue weighted by Crippen LogP contribution is -2.55. The van der Waals surface area contributed by atoms with Crippen molar-refractivity contribution < 1.29 is 30.8 Å². The van der Waals surface area contributed by atoms with Gasteiger partial charge in [0.15, 0.2) is 9.84 Å². The van der Waals surface area contributed by atoms with Crippen molar-refractivity contribution in [3.05, 3.63) is 53.2 Å². The molecule has 0 saturated carbocycles. The summed E-state index contributed by atoms with van der Waals surface area (Å²) in [5, 5.41) is 2.30. The van der Waals surface area contributed by atoms with Crippen molar-refractivity contribution in [2.45, 2.75) is 37.2 Å². The first-order valence-corrected chi connectivity index (χ1v) is 10.8. The Morgan fingerprint density at radius 3 is 2.34 bits per heavy atom.